The highest BCUT2D eigenvalue weighted by molar-refractivity contribution is 6.02. The first-order chi connectivity index (χ1) is 15.0. The van der Waals surface area contributed by atoms with Crippen molar-refractivity contribution in [3.05, 3.63) is 77.9 Å². The summed E-state index contributed by atoms with van der Waals surface area (Å²) < 4.78 is 10.8. The molecule has 1 aliphatic rings. The molecule has 6 nitrogen and oxygen atoms in total. The van der Waals surface area contributed by atoms with Crippen molar-refractivity contribution in [2.75, 3.05) is 12.1 Å². The predicted octanol–water partition coefficient (Wildman–Crippen LogP) is 4.39. The van der Waals surface area contributed by atoms with Crippen LogP contribution in [0.15, 0.2) is 66.7 Å². The van der Waals surface area contributed by atoms with Gasteiger partial charge in [-0.2, -0.15) is 0 Å². The van der Waals surface area contributed by atoms with Crippen LogP contribution in [0, 0.1) is 5.92 Å². The number of carbonyl (C=O) groups excluding carboxylic acids is 2. The van der Waals surface area contributed by atoms with E-state index in [9.17, 15) is 9.59 Å². The van der Waals surface area contributed by atoms with Gasteiger partial charge in [-0.3, -0.25) is 9.59 Å². The van der Waals surface area contributed by atoms with Crippen LogP contribution in [0.3, 0.4) is 0 Å². The number of fused-ring (bicyclic) bond motifs is 1. The number of hydrogen-bond acceptors (Lipinski definition) is 4. The molecule has 31 heavy (non-hydrogen) atoms. The van der Waals surface area contributed by atoms with E-state index in [-0.39, 0.29) is 18.6 Å². The Morgan fingerprint density at radius 1 is 1.00 bits per heavy atom. The number of nitrogens with one attached hydrogen (secondary N) is 1. The first kappa shape index (κ1) is 20.5. The number of rotatable bonds is 7. The van der Waals surface area contributed by atoms with E-state index in [1.807, 2.05) is 49.4 Å². The van der Waals surface area contributed by atoms with E-state index in [2.05, 4.69) is 5.32 Å². The van der Waals surface area contributed by atoms with Gasteiger partial charge >= 0.3 is 0 Å². The van der Waals surface area contributed by atoms with E-state index in [0.717, 1.165) is 11.1 Å². The second-order valence-electron chi connectivity index (χ2n) is 7.48. The Bertz CT molecular complexity index is 1110. The quantitative estimate of drug-likeness (QED) is 0.598. The van der Waals surface area contributed by atoms with Crippen LogP contribution < -0.4 is 20.5 Å². The zero-order chi connectivity index (χ0) is 21.8. The third kappa shape index (κ3) is 4.53. The fourth-order valence-electron chi connectivity index (χ4n) is 3.71. The topological polar surface area (TPSA) is 90.7 Å². The van der Waals surface area contributed by atoms with E-state index < -0.39 is 5.91 Å². The molecule has 4 rings (SSSR count). The zero-order valence-electron chi connectivity index (χ0n) is 17.3. The van der Waals surface area contributed by atoms with Gasteiger partial charge in [-0.05, 0) is 53.8 Å². The van der Waals surface area contributed by atoms with Crippen LogP contribution in [0.1, 0.15) is 29.3 Å². The molecular formula is C25H24N2O4. The minimum absolute atomic E-state index is 0.0856. The molecule has 0 saturated heterocycles. The van der Waals surface area contributed by atoms with Gasteiger partial charge in [-0.25, -0.2) is 0 Å². The highest BCUT2D eigenvalue weighted by atomic mass is 16.7. The number of benzene rings is 3. The van der Waals surface area contributed by atoms with E-state index in [0.29, 0.717) is 41.2 Å². The number of anilines is 1. The lowest BCUT2D eigenvalue weighted by molar-refractivity contribution is -0.119. The third-order valence-electron chi connectivity index (χ3n) is 5.42. The molecule has 6 heteroatoms. The summed E-state index contributed by atoms with van der Waals surface area (Å²) in [5, 5.41) is 2.94. The minimum atomic E-state index is -0.569. The van der Waals surface area contributed by atoms with Gasteiger partial charge < -0.3 is 20.5 Å². The molecule has 1 atom stereocenters. The first-order valence-electron chi connectivity index (χ1n) is 10.2. The summed E-state index contributed by atoms with van der Waals surface area (Å²) in [5.41, 5.74) is 9.07. The number of nitrogens with two attached hydrogens (primary N) is 1. The van der Waals surface area contributed by atoms with Crippen molar-refractivity contribution in [3.8, 4) is 22.6 Å². The van der Waals surface area contributed by atoms with Crippen molar-refractivity contribution in [1.29, 1.82) is 0 Å². The molecule has 1 unspecified atom stereocenters. The van der Waals surface area contributed by atoms with Gasteiger partial charge in [-0.15, -0.1) is 0 Å². The average molecular weight is 416 g/mol. The predicted molar refractivity (Wildman–Crippen MR) is 119 cm³/mol. The number of amides is 2. The monoisotopic (exact) mass is 416 g/mol. The average Bonchev–Trinajstić information content (AvgIpc) is 3.26. The SMILES string of the molecule is CCC(Cc1ccccc1)C(=O)Nc1ccc(-c2ccc3c(c2)OCO3)c(C(N)=O)c1. The van der Waals surface area contributed by atoms with Gasteiger partial charge in [0.15, 0.2) is 11.5 Å². The normalized spacial score (nSPS) is 12.9. The summed E-state index contributed by atoms with van der Waals surface area (Å²) in [6.07, 6.45) is 1.36. The van der Waals surface area contributed by atoms with E-state index in [1.165, 1.54) is 0 Å². The van der Waals surface area contributed by atoms with Crippen LogP contribution >= 0.6 is 0 Å². The molecule has 3 aromatic carbocycles. The Kier molecular flexibility index (Phi) is 5.89. The minimum Gasteiger partial charge on any atom is -0.454 e. The number of ether oxygens (including phenoxy) is 2. The Balaban J connectivity index is 1.56. The number of carbonyl (C=O) groups is 2. The molecular weight excluding hydrogens is 392 g/mol. The fourth-order valence-corrected chi connectivity index (χ4v) is 3.71. The summed E-state index contributed by atoms with van der Waals surface area (Å²) in [6.45, 7) is 2.17. The Morgan fingerprint density at radius 2 is 1.77 bits per heavy atom. The van der Waals surface area contributed by atoms with Crippen LogP contribution in [0.2, 0.25) is 0 Å². The van der Waals surface area contributed by atoms with Gasteiger partial charge in [-0.1, -0.05) is 49.4 Å². The van der Waals surface area contributed by atoms with Crippen LogP contribution in [0.4, 0.5) is 5.69 Å². The molecule has 158 valence electrons. The lowest BCUT2D eigenvalue weighted by atomic mass is 9.95. The van der Waals surface area contributed by atoms with Crippen molar-refractivity contribution in [1.82, 2.24) is 0 Å². The smallest absolute Gasteiger partial charge is 0.249 e. The lowest BCUT2D eigenvalue weighted by Gasteiger charge is -2.16. The lowest BCUT2D eigenvalue weighted by Crippen LogP contribution is -2.24. The van der Waals surface area contributed by atoms with Crippen LogP contribution in [0.5, 0.6) is 11.5 Å². The Hall–Kier alpha value is -3.80. The molecule has 3 aromatic rings. The van der Waals surface area contributed by atoms with Gasteiger partial charge in [0.25, 0.3) is 0 Å². The molecule has 1 heterocycles. The summed E-state index contributed by atoms with van der Waals surface area (Å²) in [7, 11) is 0. The highest BCUT2D eigenvalue weighted by Crippen LogP contribution is 2.37. The summed E-state index contributed by atoms with van der Waals surface area (Å²) in [4.78, 5) is 25.0. The fraction of sp³-hybridized carbons (Fsp3) is 0.200. The van der Waals surface area contributed by atoms with Crippen LogP contribution in [-0.2, 0) is 11.2 Å². The van der Waals surface area contributed by atoms with Crippen molar-refractivity contribution in [2.45, 2.75) is 19.8 Å². The summed E-state index contributed by atoms with van der Waals surface area (Å²) in [5.74, 6) is 0.458. The maximum atomic E-state index is 12.9. The van der Waals surface area contributed by atoms with Gasteiger partial charge in [0.1, 0.15) is 0 Å². The molecule has 0 spiro atoms. The van der Waals surface area contributed by atoms with Crippen molar-refractivity contribution in [3.63, 3.8) is 0 Å². The van der Waals surface area contributed by atoms with E-state index >= 15 is 0 Å². The largest absolute Gasteiger partial charge is 0.454 e. The number of hydrogen-bond donors (Lipinski definition) is 2. The Morgan fingerprint density at radius 3 is 2.52 bits per heavy atom. The molecule has 0 aromatic heterocycles. The molecule has 0 aliphatic carbocycles. The van der Waals surface area contributed by atoms with Crippen LogP contribution in [-0.4, -0.2) is 18.6 Å². The zero-order valence-corrected chi connectivity index (χ0v) is 17.3. The summed E-state index contributed by atoms with van der Waals surface area (Å²) >= 11 is 0. The van der Waals surface area contributed by atoms with E-state index in [1.54, 1.807) is 24.3 Å². The van der Waals surface area contributed by atoms with Gasteiger partial charge in [0.2, 0.25) is 18.6 Å². The standard InChI is InChI=1S/C25H24N2O4/c1-2-17(12-16-6-4-3-5-7-16)25(29)27-19-9-10-20(21(14-19)24(26)28)18-8-11-22-23(13-18)31-15-30-22/h3-11,13-14,17H,2,12,15H2,1H3,(H2,26,28)(H,27,29). The Labute approximate surface area is 181 Å². The van der Waals surface area contributed by atoms with Crippen molar-refractivity contribution < 1.29 is 19.1 Å². The maximum Gasteiger partial charge on any atom is 0.249 e. The second kappa shape index (κ2) is 8.92. The molecule has 2 amide bonds. The van der Waals surface area contributed by atoms with E-state index in [4.69, 9.17) is 15.2 Å². The molecule has 0 bridgehead atoms. The van der Waals surface area contributed by atoms with Gasteiger partial charge in [0.05, 0.1) is 0 Å². The maximum absolute atomic E-state index is 12.9. The number of primary amides is 1. The van der Waals surface area contributed by atoms with Crippen LogP contribution in [0.25, 0.3) is 11.1 Å². The summed E-state index contributed by atoms with van der Waals surface area (Å²) in [6, 6.07) is 20.6. The third-order valence-corrected chi connectivity index (χ3v) is 5.42. The molecule has 0 saturated carbocycles. The highest BCUT2D eigenvalue weighted by Gasteiger charge is 2.20. The molecule has 0 fully saturated rings. The first-order valence-corrected chi connectivity index (χ1v) is 10.2. The molecule has 1 aliphatic heterocycles. The molecule has 0 radical (unpaired) electrons. The van der Waals surface area contributed by atoms with Gasteiger partial charge in [0, 0.05) is 17.2 Å². The second-order valence-corrected chi connectivity index (χ2v) is 7.48. The molecule has 3 N–H and O–H groups in total. The van der Waals surface area contributed by atoms with Crippen molar-refractivity contribution in [2.24, 2.45) is 11.7 Å². The van der Waals surface area contributed by atoms with Crippen molar-refractivity contribution >= 4 is 17.5 Å².